The molecule has 0 amide bonds. The van der Waals surface area contributed by atoms with Gasteiger partial charge in [-0.05, 0) is 179 Å². The molecule has 1 aliphatic rings. The van der Waals surface area contributed by atoms with E-state index < -0.39 is 23.1 Å². The molecule has 0 heterocycles. The third kappa shape index (κ3) is 18.7. The van der Waals surface area contributed by atoms with Gasteiger partial charge in [-0.2, -0.15) is 0 Å². The van der Waals surface area contributed by atoms with Gasteiger partial charge in [-0.1, -0.05) is 150 Å². The Balaban J connectivity index is 0.000000245. The number of fused-ring (bicyclic) bond motifs is 8. The van der Waals surface area contributed by atoms with E-state index in [0.29, 0.717) is 63.2 Å². The van der Waals surface area contributed by atoms with E-state index in [9.17, 15) is 28.8 Å². The quantitative estimate of drug-likeness (QED) is 0.0249. The molecule has 8 bridgehead atoms. The van der Waals surface area contributed by atoms with E-state index in [0.717, 1.165) is 98.3 Å². The molecule has 0 N–H and O–H groups in total. The number of aryl methyl sites for hydroxylation is 6. The molecular weight excluding hydrogens is 1180 g/mol. The van der Waals surface area contributed by atoms with Gasteiger partial charge in [0.15, 0.2) is 0 Å². The summed E-state index contributed by atoms with van der Waals surface area (Å²) < 4.78 is 37.0. The van der Waals surface area contributed by atoms with Crippen molar-refractivity contribution < 1.29 is 57.2 Å². The lowest BCUT2D eigenvalue weighted by Gasteiger charge is -2.24. The number of Topliss-reactive ketones (excluding diaryl/α,β-unsaturated/α-hetero) is 6. The summed E-state index contributed by atoms with van der Waals surface area (Å²) in [5, 5.41) is 0. The molecule has 12 nitrogen and oxygen atoms in total. The molecule has 12 heteroatoms. The van der Waals surface area contributed by atoms with Crippen molar-refractivity contribution in [3.8, 4) is 34.5 Å². The van der Waals surface area contributed by atoms with Crippen LogP contribution in [0.3, 0.4) is 0 Å². The van der Waals surface area contributed by atoms with Crippen LogP contribution < -0.4 is 23.7 Å². The van der Waals surface area contributed by atoms with Gasteiger partial charge in [-0.25, -0.2) is 0 Å². The average molecular weight is 1270 g/mol. The number of hydrogen-bond acceptors (Lipinski definition) is 12. The minimum absolute atomic E-state index is 0.0866. The maximum atomic E-state index is 12.7. The Morgan fingerprint density at radius 2 is 0.574 bits per heavy atom. The van der Waals surface area contributed by atoms with Crippen LogP contribution in [0, 0.1) is 0 Å². The standard InChI is InChI=1S/C46H60O5.C36H30O7/c1-9-13-31-19-35-27-37-21-32(14-10-2)23-39(44(37)49-7)29-41-25-34(16-12-4)26-42(46(41)51-18-17-47-5)30-40-24-33(15-11-3)22-38(45(40)50-8)28-36(20-31)43(35)48-6;1-23(37)3-5-25-7-11-27(12-8-25)33(39)35(41)29-15-19-31(20-16-29)43-32-21-17-30(18-22-32)36(42)34(40)28-13-9-26(10-14-28)6-4-24(2)38/h19-26H,9-18,27-30H2,1-8H3;7-22H,3-6H2,1-2H3. The summed E-state index contributed by atoms with van der Waals surface area (Å²) in [7, 11) is 7.18. The highest BCUT2D eigenvalue weighted by Gasteiger charge is 2.25. The van der Waals surface area contributed by atoms with Gasteiger partial charge in [-0.15, -0.1) is 0 Å². The lowest BCUT2D eigenvalue weighted by Crippen LogP contribution is -2.14. The highest BCUT2D eigenvalue weighted by molar-refractivity contribution is 6.49. The zero-order valence-electron chi connectivity index (χ0n) is 56.5. The molecule has 0 unspecified atom stereocenters. The number of hydrogen-bond donors (Lipinski definition) is 0. The Morgan fingerprint density at radius 3 is 0.809 bits per heavy atom. The van der Waals surface area contributed by atoms with Crippen LogP contribution in [-0.2, 0) is 78.5 Å². The summed E-state index contributed by atoms with van der Waals surface area (Å²) in [5.41, 5.74) is 17.7. The van der Waals surface area contributed by atoms with Crippen molar-refractivity contribution in [1.82, 2.24) is 0 Å². The number of ketones is 6. The molecule has 490 valence electrons. The third-order valence-corrected chi connectivity index (χ3v) is 16.9. The van der Waals surface area contributed by atoms with Crippen LogP contribution in [0.5, 0.6) is 34.5 Å². The van der Waals surface area contributed by atoms with Crippen molar-refractivity contribution in [3.63, 3.8) is 0 Å². The maximum Gasteiger partial charge on any atom is 0.233 e. The van der Waals surface area contributed by atoms with Crippen LogP contribution >= 0.6 is 0 Å². The fourth-order valence-corrected chi connectivity index (χ4v) is 12.4. The van der Waals surface area contributed by atoms with Gasteiger partial charge >= 0.3 is 0 Å². The number of ether oxygens (including phenoxy) is 6. The monoisotopic (exact) mass is 1270 g/mol. The topological polar surface area (TPSA) is 158 Å². The predicted octanol–water partition coefficient (Wildman–Crippen LogP) is 16.9. The van der Waals surface area contributed by atoms with Gasteiger partial charge in [-0.3, -0.25) is 19.2 Å². The highest BCUT2D eigenvalue weighted by Crippen LogP contribution is 2.41. The lowest BCUT2D eigenvalue weighted by molar-refractivity contribution is -0.117. The molecule has 0 atom stereocenters. The van der Waals surface area contributed by atoms with E-state index in [-0.39, 0.29) is 33.8 Å². The largest absolute Gasteiger partial charge is 0.496 e. The van der Waals surface area contributed by atoms with Gasteiger partial charge in [0.05, 0.1) is 27.9 Å². The van der Waals surface area contributed by atoms with Crippen LogP contribution in [0.25, 0.3) is 0 Å². The van der Waals surface area contributed by atoms with Crippen LogP contribution in [0.15, 0.2) is 146 Å². The second-order valence-electron chi connectivity index (χ2n) is 24.4. The Morgan fingerprint density at radius 1 is 0.319 bits per heavy atom. The lowest BCUT2D eigenvalue weighted by atomic mass is 9.87. The van der Waals surface area contributed by atoms with E-state index in [1.165, 1.54) is 105 Å². The summed E-state index contributed by atoms with van der Waals surface area (Å²) in [4.78, 5) is 73.2. The zero-order valence-corrected chi connectivity index (χ0v) is 56.5. The van der Waals surface area contributed by atoms with Crippen molar-refractivity contribution in [2.24, 2.45) is 0 Å². The molecule has 8 aromatic rings. The average Bonchev–Trinajstić information content (AvgIpc) is 0.786. The first-order valence-corrected chi connectivity index (χ1v) is 33.0. The van der Waals surface area contributed by atoms with Crippen molar-refractivity contribution in [1.29, 1.82) is 0 Å². The Kier molecular flexibility index (Phi) is 26.0. The predicted molar refractivity (Wildman–Crippen MR) is 371 cm³/mol. The molecule has 0 spiro atoms. The van der Waals surface area contributed by atoms with Crippen molar-refractivity contribution >= 4 is 34.7 Å². The first kappa shape index (κ1) is 70.6. The van der Waals surface area contributed by atoms with E-state index >= 15 is 0 Å². The normalized spacial score (nSPS) is 11.6. The highest BCUT2D eigenvalue weighted by atomic mass is 16.5. The summed E-state index contributed by atoms with van der Waals surface area (Å²) >= 11 is 0. The van der Waals surface area contributed by atoms with Crippen LogP contribution in [0.1, 0.15) is 199 Å². The first-order valence-electron chi connectivity index (χ1n) is 33.0. The van der Waals surface area contributed by atoms with Gasteiger partial charge in [0.25, 0.3) is 0 Å². The zero-order chi connectivity index (χ0) is 67.3. The molecule has 0 fully saturated rings. The Hall–Kier alpha value is -9.26. The summed E-state index contributed by atoms with van der Waals surface area (Å²) in [6.07, 6.45) is 13.2. The molecule has 0 aromatic heterocycles. The Labute approximate surface area is 555 Å². The molecule has 0 radical (unpaired) electrons. The molecule has 94 heavy (non-hydrogen) atoms. The molecule has 0 aliphatic heterocycles. The molecule has 0 saturated carbocycles. The van der Waals surface area contributed by atoms with Crippen molar-refractivity contribution in [2.45, 2.75) is 144 Å². The molecule has 8 aromatic carbocycles. The fourth-order valence-electron chi connectivity index (χ4n) is 12.4. The van der Waals surface area contributed by atoms with Gasteiger partial charge in [0, 0.05) is 67.9 Å². The van der Waals surface area contributed by atoms with Gasteiger partial charge in [0.1, 0.15) is 52.7 Å². The smallest absolute Gasteiger partial charge is 0.233 e. The van der Waals surface area contributed by atoms with E-state index in [4.69, 9.17) is 28.4 Å². The molecule has 9 rings (SSSR count). The summed E-state index contributed by atoms with van der Waals surface area (Å²) in [5.74, 6) is 2.24. The van der Waals surface area contributed by atoms with Crippen LogP contribution in [0.2, 0.25) is 0 Å². The Bertz CT molecular complexity index is 3710. The minimum Gasteiger partial charge on any atom is -0.496 e. The van der Waals surface area contributed by atoms with Crippen LogP contribution in [-0.4, -0.2) is 76.4 Å². The number of methoxy groups -OCH3 is 4. The van der Waals surface area contributed by atoms with Gasteiger partial charge in [0.2, 0.25) is 23.1 Å². The summed E-state index contributed by atoms with van der Waals surface area (Å²) in [6, 6.07) is 44.5. The summed E-state index contributed by atoms with van der Waals surface area (Å²) in [6.45, 7) is 13.1. The molecule has 0 saturated heterocycles. The third-order valence-electron chi connectivity index (χ3n) is 16.9. The molecular formula is C82H90O12. The minimum atomic E-state index is -0.652. The van der Waals surface area contributed by atoms with Gasteiger partial charge < -0.3 is 38.0 Å². The second-order valence-corrected chi connectivity index (χ2v) is 24.4. The second kappa shape index (κ2) is 34.6. The van der Waals surface area contributed by atoms with E-state index in [2.05, 4.69) is 76.2 Å². The van der Waals surface area contributed by atoms with Crippen molar-refractivity contribution in [3.05, 3.63) is 246 Å². The SMILES string of the molecule is CC(=O)CCc1ccc(C(=O)C(=O)c2ccc(Oc3ccc(C(=O)C(=O)c4ccc(CCC(C)=O)cc4)cc3)cc2)cc1.CCCc1cc2c(OC)c(c1)Cc1cc(CCC)cc(c1OC)Cc1cc(CCC)cc(c1OCCOC)Cc1cc(CCC)cc(c1OC)C2. The van der Waals surface area contributed by atoms with Crippen molar-refractivity contribution in [2.75, 3.05) is 41.7 Å². The number of carbonyl (C=O) groups excluding carboxylic acids is 6. The fraction of sp³-hybridized carbons (Fsp3) is 0.341. The number of carbonyl (C=O) groups is 6. The molecule has 1 aliphatic carbocycles. The number of rotatable bonds is 29. The first-order chi connectivity index (χ1) is 45.5. The van der Waals surface area contributed by atoms with E-state index in [1.807, 2.05) is 21.3 Å². The number of benzene rings is 8. The maximum absolute atomic E-state index is 12.7. The van der Waals surface area contributed by atoms with Crippen LogP contribution in [0.4, 0.5) is 0 Å². The van der Waals surface area contributed by atoms with E-state index in [1.54, 1.807) is 79.9 Å².